The standard InChI is InChI=1S/C17H15NO4/c1-20-14-5-3-2-4-13(14)18-17(19)9-7-12-6-8-15-16(10-12)22-11-21-15/h2-10H,11H2,1H3,(H,18,19). The van der Waals surface area contributed by atoms with E-state index in [1.807, 2.05) is 30.3 Å². The number of fused-ring (bicyclic) bond motifs is 1. The van der Waals surface area contributed by atoms with Crippen LogP contribution in [0.5, 0.6) is 17.2 Å². The average molecular weight is 297 g/mol. The molecule has 0 fully saturated rings. The van der Waals surface area contributed by atoms with Crippen molar-refractivity contribution in [1.29, 1.82) is 0 Å². The Bertz CT molecular complexity index is 724. The second-order valence-electron chi connectivity index (χ2n) is 4.64. The van der Waals surface area contributed by atoms with Gasteiger partial charge in [0.15, 0.2) is 11.5 Å². The number of carbonyl (C=O) groups is 1. The van der Waals surface area contributed by atoms with Crippen LogP contribution in [-0.2, 0) is 4.79 Å². The fourth-order valence-corrected chi connectivity index (χ4v) is 2.11. The number of carbonyl (C=O) groups excluding carboxylic acids is 1. The fraction of sp³-hybridized carbons (Fsp3) is 0.118. The van der Waals surface area contributed by atoms with Crippen molar-refractivity contribution in [3.8, 4) is 17.2 Å². The van der Waals surface area contributed by atoms with Crippen molar-refractivity contribution < 1.29 is 19.0 Å². The number of hydrogen-bond acceptors (Lipinski definition) is 4. The Morgan fingerprint density at radius 2 is 2.00 bits per heavy atom. The molecule has 1 heterocycles. The molecule has 0 atom stereocenters. The Hall–Kier alpha value is -2.95. The Kier molecular flexibility index (Phi) is 3.96. The van der Waals surface area contributed by atoms with Gasteiger partial charge in [0, 0.05) is 6.08 Å². The van der Waals surface area contributed by atoms with Crippen LogP contribution in [-0.4, -0.2) is 19.8 Å². The van der Waals surface area contributed by atoms with Crippen LogP contribution in [0.3, 0.4) is 0 Å². The van der Waals surface area contributed by atoms with E-state index in [2.05, 4.69) is 5.32 Å². The first kappa shape index (κ1) is 14.0. The number of anilines is 1. The van der Waals surface area contributed by atoms with E-state index in [0.29, 0.717) is 17.2 Å². The van der Waals surface area contributed by atoms with Gasteiger partial charge in [0.1, 0.15) is 5.75 Å². The van der Waals surface area contributed by atoms with Crippen LogP contribution >= 0.6 is 0 Å². The van der Waals surface area contributed by atoms with Gasteiger partial charge in [-0.15, -0.1) is 0 Å². The first-order valence-electron chi connectivity index (χ1n) is 6.78. The molecule has 1 aliphatic rings. The minimum Gasteiger partial charge on any atom is -0.495 e. The first-order chi connectivity index (χ1) is 10.8. The van der Waals surface area contributed by atoms with Gasteiger partial charge >= 0.3 is 0 Å². The van der Waals surface area contributed by atoms with Crippen LogP contribution in [0.15, 0.2) is 48.5 Å². The zero-order chi connectivity index (χ0) is 15.4. The maximum Gasteiger partial charge on any atom is 0.248 e. The van der Waals surface area contributed by atoms with Gasteiger partial charge in [-0.1, -0.05) is 18.2 Å². The lowest BCUT2D eigenvalue weighted by molar-refractivity contribution is -0.111. The molecule has 112 valence electrons. The first-order valence-corrected chi connectivity index (χ1v) is 6.78. The van der Waals surface area contributed by atoms with Crippen LogP contribution in [0.2, 0.25) is 0 Å². The quantitative estimate of drug-likeness (QED) is 0.881. The molecule has 1 amide bonds. The lowest BCUT2D eigenvalue weighted by atomic mass is 10.2. The number of rotatable bonds is 4. The molecule has 1 aliphatic heterocycles. The molecule has 0 unspecified atom stereocenters. The molecule has 0 spiro atoms. The molecule has 0 radical (unpaired) electrons. The highest BCUT2D eigenvalue weighted by Gasteiger charge is 2.12. The zero-order valence-electron chi connectivity index (χ0n) is 12.0. The molecule has 2 aromatic rings. The summed E-state index contributed by atoms with van der Waals surface area (Å²) < 4.78 is 15.7. The smallest absolute Gasteiger partial charge is 0.248 e. The highest BCUT2D eigenvalue weighted by atomic mass is 16.7. The van der Waals surface area contributed by atoms with Crippen LogP contribution < -0.4 is 19.5 Å². The molecular weight excluding hydrogens is 282 g/mol. The lowest BCUT2D eigenvalue weighted by Gasteiger charge is -2.07. The van der Waals surface area contributed by atoms with Crippen LogP contribution in [0, 0.1) is 0 Å². The van der Waals surface area contributed by atoms with Gasteiger partial charge in [0.2, 0.25) is 12.7 Å². The Balaban J connectivity index is 1.69. The number of ether oxygens (including phenoxy) is 3. The van der Waals surface area contributed by atoms with E-state index < -0.39 is 0 Å². The molecule has 5 nitrogen and oxygen atoms in total. The monoisotopic (exact) mass is 297 g/mol. The zero-order valence-corrected chi connectivity index (χ0v) is 12.0. The largest absolute Gasteiger partial charge is 0.495 e. The van der Waals surface area contributed by atoms with E-state index in [9.17, 15) is 4.79 Å². The number of amides is 1. The summed E-state index contributed by atoms with van der Waals surface area (Å²) in [6, 6.07) is 12.8. The average Bonchev–Trinajstić information content (AvgIpc) is 3.01. The minimum atomic E-state index is -0.234. The van der Waals surface area contributed by atoms with Gasteiger partial charge in [-0.2, -0.15) is 0 Å². The summed E-state index contributed by atoms with van der Waals surface area (Å²) in [6.07, 6.45) is 3.18. The predicted octanol–water partition coefficient (Wildman–Crippen LogP) is 3.08. The minimum absolute atomic E-state index is 0.233. The summed E-state index contributed by atoms with van der Waals surface area (Å²) in [7, 11) is 1.56. The topological polar surface area (TPSA) is 56.8 Å². The van der Waals surface area contributed by atoms with E-state index in [0.717, 1.165) is 11.3 Å². The SMILES string of the molecule is COc1ccccc1NC(=O)C=Cc1ccc2c(c1)OCO2. The Labute approximate surface area is 128 Å². The molecule has 0 saturated heterocycles. The fourth-order valence-electron chi connectivity index (χ4n) is 2.11. The van der Waals surface area contributed by atoms with Crippen LogP contribution in [0.1, 0.15) is 5.56 Å². The van der Waals surface area contributed by atoms with Gasteiger partial charge in [0.05, 0.1) is 12.8 Å². The summed E-state index contributed by atoms with van der Waals surface area (Å²) in [5.41, 5.74) is 1.49. The van der Waals surface area contributed by atoms with Gasteiger partial charge in [-0.05, 0) is 35.9 Å². The van der Waals surface area contributed by atoms with Gasteiger partial charge in [-0.3, -0.25) is 4.79 Å². The van der Waals surface area contributed by atoms with E-state index in [-0.39, 0.29) is 12.7 Å². The van der Waals surface area contributed by atoms with Gasteiger partial charge in [0.25, 0.3) is 0 Å². The highest BCUT2D eigenvalue weighted by Crippen LogP contribution is 2.32. The number of para-hydroxylation sites is 2. The van der Waals surface area contributed by atoms with E-state index in [1.165, 1.54) is 6.08 Å². The van der Waals surface area contributed by atoms with E-state index in [1.54, 1.807) is 25.3 Å². The Morgan fingerprint density at radius 1 is 1.18 bits per heavy atom. The lowest BCUT2D eigenvalue weighted by Crippen LogP contribution is -2.08. The van der Waals surface area contributed by atoms with Gasteiger partial charge in [-0.25, -0.2) is 0 Å². The summed E-state index contributed by atoms with van der Waals surface area (Å²) in [5, 5.41) is 2.78. The molecule has 3 rings (SSSR count). The van der Waals surface area contributed by atoms with Crippen molar-refractivity contribution in [1.82, 2.24) is 0 Å². The summed E-state index contributed by atoms with van der Waals surface area (Å²) in [4.78, 5) is 12.0. The molecule has 1 N–H and O–H groups in total. The van der Waals surface area contributed by atoms with Crippen molar-refractivity contribution in [2.24, 2.45) is 0 Å². The molecule has 22 heavy (non-hydrogen) atoms. The normalized spacial score (nSPS) is 12.4. The Morgan fingerprint density at radius 3 is 2.86 bits per heavy atom. The maximum atomic E-state index is 12.0. The second-order valence-corrected chi connectivity index (χ2v) is 4.64. The number of nitrogens with one attached hydrogen (secondary N) is 1. The van der Waals surface area contributed by atoms with Crippen molar-refractivity contribution >= 4 is 17.7 Å². The molecule has 0 saturated carbocycles. The van der Waals surface area contributed by atoms with Crippen molar-refractivity contribution in [2.75, 3.05) is 19.2 Å². The summed E-state index contributed by atoms with van der Waals surface area (Å²) in [6.45, 7) is 0.233. The van der Waals surface area contributed by atoms with Crippen LogP contribution in [0.4, 0.5) is 5.69 Å². The number of hydrogen-bond donors (Lipinski definition) is 1. The third-order valence-corrected chi connectivity index (χ3v) is 3.19. The molecule has 0 bridgehead atoms. The third-order valence-electron chi connectivity index (χ3n) is 3.19. The molecule has 2 aromatic carbocycles. The van der Waals surface area contributed by atoms with E-state index in [4.69, 9.17) is 14.2 Å². The number of benzene rings is 2. The molecular formula is C17H15NO4. The summed E-state index contributed by atoms with van der Waals surface area (Å²) in [5.74, 6) is 1.79. The predicted molar refractivity (Wildman–Crippen MR) is 83.2 cm³/mol. The van der Waals surface area contributed by atoms with Crippen LogP contribution in [0.25, 0.3) is 6.08 Å². The summed E-state index contributed by atoms with van der Waals surface area (Å²) >= 11 is 0. The number of methoxy groups -OCH3 is 1. The molecule has 0 aromatic heterocycles. The molecule has 5 heteroatoms. The van der Waals surface area contributed by atoms with Crippen molar-refractivity contribution in [3.63, 3.8) is 0 Å². The van der Waals surface area contributed by atoms with Gasteiger partial charge < -0.3 is 19.5 Å². The maximum absolute atomic E-state index is 12.0. The van der Waals surface area contributed by atoms with Crippen molar-refractivity contribution in [3.05, 3.63) is 54.1 Å². The third kappa shape index (κ3) is 3.03. The van der Waals surface area contributed by atoms with E-state index >= 15 is 0 Å². The highest BCUT2D eigenvalue weighted by molar-refractivity contribution is 6.02. The van der Waals surface area contributed by atoms with Crippen molar-refractivity contribution in [2.45, 2.75) is 0 Å². The molecule has 0 aliphatic carbocycles. The second kappa shape index (κ2) is 6.22.